The van der Waals surface area contributed by atoms with E-state index in [9.17, 15) is 19.9 Å². The lowest BCUT2D eigenvalue weighted by Gasteiger charge is -2.45. The lowest BCUT2D eigenvalue weighted by Crippen LogP contribution is -2.71. The number of aliphatic hydroxyl groups is 4. The molecule has 17 heavy (non-hydrogen) atoms. The third-order valence-electron chi connectivity index (χ3n) is 2.27. The summed E-state index contributed by atoms with van der Waals surface area (Å²) >= 11 is 0. The maximum atomic E-state index is 10.6. The first kappa shape index (κ1) is 14.9. The Morgan fingerprint density at radius 1 is 1.41 bits per heavy atom. The lowest BCUT2D eigenvalue weighted by molar-refractivity contribution is -0.321. The van der Waals surface area contributed by atoms with Crippen molar-refractivity contribution in [1.82, 2.24) is 0 Å². The summed E-state index contributed by atoms with van der Waals surface area (Å²) in [7, 11) is -5.04. The van der Waals surface area contributed by atoms with Crippen molar-refractivity contribution >= 4 is 7.82 Å². The maximum absolute atomic E-state index is 10.6. The van der Waals surface area contributed by atoms with Crippen molar-refractivity contribution in [2.24, 2.45) is 5.73 Å². The van der Waals surface area contributed by atoms with Crippen LogP contribution in [-0.4, -0.2) is 67.1 Å². The van der Waals surface area contributed by atoms with Crippen LogP contribution in [0.4, 0.5) is 0 Å². The fraction of sp³-hybridized carbons (Fsp3) is 1.00. The van der Waals surface area contributed by atoms with Gasteiger partial charge in [0.15, 0.2) is 5.72 Å². The van der Waals surface area contributed by atoms with Crippen LogP contribution in [-0.2, 0) is 13.8 Å². The summed E-state index contributed by atoms with van der Waals surface area (Å²) in [6.07, 6.45) is -7.24. The van der Waals surface area contributed by atoms with Crippen molar-refractivity contribution in [1.29, 1.82) is 0 Å². The maximum Gasteiger partial charge on any atom is 0.472 e. The normalized spacial score (nSPS) is 43.7. The molecular weight excluding hydrogens is 261 g/mol. The highest BCUT2D eigenvalue weighted by Gasteiger charge is 2.54. The molecule has 1 heterocycles. The Hall–Kier alpha value is -0.130. The van der Waals surface area contributed by atoms with Crippen molar-refractivity contribution in [3.8, 4) is 0 Å². The van der Waals surface area contributed by atoms with Crippen molar-refractivity contribution in [3.63, 3.8) is 0 Å². The van der Waals surface area contributed by atoms with Crippen LogP contribution in [0.1, 0.15) is 0 Å². The number of hydrogen-bond acceptors (Lipinski definition) is 8. The number of hydrogen-bond donors (Lipinski definition) is 7. The zero-order valence-electron chi connectivity index (χ0n) is 8.45. The summed E-state index contributed by atoms with van der Waals surface area (Å²) in [4.78, 5) is 17.1. The number of rotatable bonds is 3. The van der Waals surface area contributed by atoms with Crippen LogP contribution >= 0.6 is 7.82 Å². The Morgan fingerprint density at radius 3 is 2.35 bits per heavy atom. The minimum absolute atomic E-state index is 0.769. The largest absolute Gasteiger partial charge is 0.472 e. The van der Waals surface area contributed by atoms with Crippen molar-refractivity contribution in [2.75, 3.05) is 6.61 Å². The first-order valence-corrected chi connectivity index (χ1v) is 6.00. The van der Waals surface area contributed by atoms with Crippen molar-refractivity contribution in [2.45, 2.75) is 30.3 Å². The second-order valence-corrected chi connectivity index (χ2v) is 4.80. The molecule has 1 aliphatic rings. The molecule has 0 aromatic heterocycles. The molecule has 1 aliphatic heterocycles. The molecule has 0 aliphatic carbocycles. The lowest BCUT2D eigenvalue weighted by atomic mass is 9.94. The minimum Gasteiger partial charge on any atom is -0.394 e. The van der Waals surface area contributed by atoms with E-state index < -0.39 is 44.8 Å². The summed E-state index contributed by atoms with van der Waals surface area (Å²) in [6.45, 7) is -0.769. The second-order valence-electron chi connectivity index (χ2n) is 3.61. The first-order chi connectivity index (χ1) is 7.59. The third kappa shape index (κ3) is 3.20. The molecule has 1 saturated heterocycles. The SMILES string of the molecule is N[C@]1(O)[C@H](OP(=O)(O)O)O[C@H](CO)[C@@H](O)[C@@H]1O. The molecule has 1 fully saturated rings. The highest BCUT2D eigenvalue weighted by molar-refractivity contribution is 7.46. The average molecular weight is 275 g/mol. The Kier molecular flexibility index (Phi) is 4.27. The average Bonchev–Trinajstić information content (AvgIpc) is 2.18. The van der Waals surface area contributed by atoms with Crippen molar-refractivity contribution in [3.05, 3.63) is 0 Å². The third-order valence-corrected chi connectivity index (χ3v) is 2.73. The van der Waals surface area contributed by atoms with E-state index in [2.05, 4.69) is 9.26 Å². The van der Waals surface area contributed by atoms with E-state index in [0.717, 1.165) is 0 Å². The monoisotopic (exact) mass is 275 g/mol. The van der Waals surface area contributed by atoms with E-state index in [0.29, 0.717) is 0 Å². The highest BCUT2D eigenvalue weighted by atomic mass is 31.2. The zero-order valence-corrected chi connectivity index (χ0v) is 9.34. The molecule has 0 spiro atoms. The molecule has 0 aromatic rings. The van der Waals surface area contributed by atoms with Gasteiger partial charge in [-0.15, -0.1) is 0 Å². The minimum atomic E-state index is -5.04. The molecule has 0 aromatic carbocycles. The predicted molar refractivity (Wildman–Crippen MR) is 50.0 cm³/mol. The Bertz CT molecular complexity index is 317. The van der Waals surface area contributed by atoms with Gasteiger partial charge in [0.1, 0.15) is 18.3 Å². The fourth-order valence-electron chi connectivity index (χ4n) is 1.35. The predicted octanol–water partition coefficient (Wildman–Crippen LogP) is -3.82. The smallest absolute Gasteiger partial charge is 0.394 e. The van der Waals surface area contributed by atoms with E-state index in [-0.39, 0.29) is 0 Å². The Labute approximate surface area is 95.4 Å². The van der Waals surface area contributed by atoms with Gasteiger partial charge in [0.25, 0.3) is 0 Å². The second kappa shape index (κ2) is 4.86. The van der Waals surface area contributed by atoms with Gasteiger partial charge in [-0.2, -0.15) is 0 Å². The Balaban J connectivity index is 2.92. The van der Waals surface area contributed by atoms with Gasteiger partial charge in [-0.25, -0.2) is 4.57 Å². The van der Waals surface area contributed by atoms with E-state index in [1.165, 1.54) is 0 Å². The van der Waals surface area contributed by atoms with Gasteiger partial charge in [0.05, 0.1) is 6.61 Å². The van der Waals surface area contributed by atoms with Gasteiger partial charge >= 0.3 is 7.82 Å². The van der Waals surface area contributed by atoms with E-state index in [4.69, 9.17) is 20.6 Å². The quantitative estimate of drug-likeness (QED) is 0.199. The number of phosphoric ester groups is 1. The van der Waals surface area contributed by atoms with Gasteiger partial charge in [-0.3, -0.25) is 10.3 Å². The van der Waals surface area contributed by atoms with Gasteiger partial charge in [0, 0.05) is 0 Å². The molecule has 102 valence electrons. The summed E-state index contributed by atoms with van der Waals surface area (Å²) in [6, 6.07) is 0. The van der Waals surface area contributed by atoms with Gasteiger partial charge in [-0.05, 0) is 0 Å². The number of aliphatic hydroxyl groups excluding tert-OH is 3. The molecule has 10 nitrogen and oxygen atoms in total. The number of nitrogens with two attached hydrogens (primary N) is 1. The van der Waals surface area contributed by atoms with Crippen LogP contribution in [0.25, 0.3) is 0 Å². The molecule has 0 unspecified atom stereocenters. The van der Waals surface area contributed by atoms with Crippen LogP contribution < -0.4 is 5.73 Å². The topological polar surface area (TPSA) is 183 Å². The van der Waals surface area contributed by atoms with Crippen LogP contribution in [0.2, 0.25) is 0 Å². The summed E-state index contributed by atoms with van der Waals surface area (Å²) in [5.41, 5.74) is 2.42. The summed E-state index contributed by atoms with van der Waals surface area (Å²) < 4.78 is 19.3. The molecule has 5 atom stereocenters. The van der Waals surface area contributed by atoms with Crippen LogP contribution in [0.15, 0.2) is 0 Å². The number of ether oxygens (including phenoxy) is 1. The van der Waals surface area contributed by atoms with Gasteiger partial charge < -0.3 is 34.9 Å². The van der Waals surface area contributed by atoms with Crippen LogP contribution in [0, 0.1) is 0 Å². The highest BCUT2D eigenvalue weighted by Crippen LogP contribution is 2.42. The van der Waals surface area contributed by atoms with Gasteiger partial charge in [0.2, 0.25) is 6.29 Å². The van der Waals surface area contributed by atoms with E-state index in [1.807, 2.05) is 0 Å². The molecule has 1 rings (SSSR count). The first-order valence-electron chi connectivity index (χ1n) is 4.47. The molecular formula is C6H14NO9P. The molecule has 0 amide bonds. The van der Waals surface area contributed by atoms with Crippen LogP contribution in [0.5, 0.6) is 0 Å². The molecule has 8 N–H and O–H groups in total. The van der Waals surface area contributed by atoms with E-state index >= 15 is 0 Å². The summed E-state index contributed by atoms with van der Waals surface area (Å²) in [5, 5.41) is 37.1. The zero-order chi connectivity index (χ0) is 13.4. The van der Waals surface area contributed by atoms with Gasteiger partial charge in [-0.1, -0.05) is 0 Å². The standard InChI is InChI=1S/C6H14NO9P/c7-6(11)4(10)3(9)2(1-8)15-5(6)16-17(12,13)14/h2-5,8-11H,1,7H2,(H2,12,13,14)/t2-,3-,4+,5+,6-/m1/s1. The van der Waals surface area contributed by atoms with Crippen molar-refractivity contribution < 1.29 is 44.0 Å². The Morgan fingerprint density at radius 2 is 1.94 bits per heavy atom. The molecule has 0 radical (unpaired) electrons. The van der Waals surface area contributed by atoms with Crippen LogP contribution in [0.3, 0.4) is 0 Å². The van der Waals surface area contributed by atoms with E-state index in [1.54, 1.807) is 0 Å². The fourth-order valence-corrected chi connectivity index (χ4v) is 1.82. The number of phosphoric acid groups is 1. The molecule has 11 heteroatoms. The summed E-state index contributed by atoms with van der Waals surface area (Å²) in [5.74, 6) is 0. The molecule has 0 bridgehead atoms. The molecule has 0 saturated carbocycles.